The van der Waals surface area contributed by atoms with Crippen LogP contribution in [-0.4, -0.2) is 34.1 Å². The van der Waals surface area contributed by atoms with Gasteiger partial charge in [-0.2, -0.15) is 10.3 Å². The Labute approximate surface area is 141 Å². The van der Waals surface area contributed by atoms with Gasteiger partial charge in [-0.25, -0.2) is 4.79 Å². The van der Waals surface area contributed by atoms with Crippen LogP contribution in [0.4, 0.5) is 0 Å². The second kappa shape index (κ2) is 8.06. The van der Waals surface area contributed by atoms with Crippen molar-refractivity contribution >= 4 is 5.97 Å². The van der Waals surface area contributed by atoms with Crippen molar-refractivity contribution in [3.8, 4) is 11.3 Å². The first kappa shape index (κ1) is 16.6. The first-order chi connectivity index (χ1) is 11.8. The third-order valence-corrected chi connectivity index (χ3v) is 4.28. The number of hydrogen-bond donors (Lipinski definition) is 1. The summed E-state index contributed by atoms with van der Waals surface area (Å²) in [5, 5.41) is 10.5. The molecule has 0 saturated heterocycles. The topological polar surface area (TPSA) is 77.1 Å². The summed E-state index contributed by atoms with van der Waals surface area (Å²) in [7, 11) is 0. The second-order valence-electron chi connectivity index (χ2n) is 6.01. The molecule has 0 aliphatic heterocycles. The highest BCUT2D eigenvalue weighted by Gasteiger charge is 2.19. The molecular weight excluding hydrogens is 306 g/mol. The molecule has 0 bridgehead atoms. The molecule has 1 aliphatic rings. The molecule has 1 N–H and O–H groups in total. The van der Waals surface area contributed by atoms with Crippen LogP contribution in [0.15, 0.2) is 24.3 Å². The van der Waals surface area contributed by atoms with Crippen molar-refractivity contribution in [2.75, 3.05) is 6.61 Å². The van der Waals surface area contributed by atoms with Gasteiger partial charge in [-0.15, -0.1) is 5.10 Å². The molecule has 1 aliphatic carbocycles. The minimum Gasteiger partial charge on any atom is -0.461 e. The highest BCUT2D eigenvalue weighted by Crippen LogP contribution is 2.23. The summed E-state index contributed by atoms with van der Waals surface area (Å²) in [6.45, 7) is 2.69. The molecule has 1 aromatic carbocycles. The first-order valence-corrected chi connectivity index (χ1v) is 8.56. The molecule has 3 rings (SSSR count). The van der Waals surface area contributed by atoms with Gasteiger partial charge in [0.1, 0.15) is 5.69 Å². The number of ether oxygens (including phenoxy) is 2. The Morgan fingerprint density at radius 3 is 2.62 bits per heavy atom. The predicted octanol–water partition coefficient (Wildman–Crippen LogP) is 3.50. The average molecular weight is 329 g/mol. The first-order valence-electron chi connectivity index (χ1n) is 8.56. The van der Waals surface area contributed by atoms with Gasteiger partial charge in [-0.3, -0.25) is 0 Å². The van der Waals surface area contributed by atoms with Gasteiger partial charge < -0.3 is 9.47 Å². The van der Waals surface area contributed by atoms with E-state index in [0.717, 1.165) is 11.1 Å². The lowest BCUT2D eigenvalue weighted by atomic mass is 9.98. The zero-order valence-corrected chi connectivity index (χ0v) is 14.0. The molecule has 1 aromatic heterocycles. The Balaban J connectivity index is 1.64. The van der Waals surface area contributed by atoms with E-state index in [1.165, 1.54) is 32.1 Å². The van der Waals surface area contributed by atoms with Crippen LogP contribution in [0.1, 0.15) is 55.1 Å². The number of aromatic nitrogens is 3. The van der Waals surface area contributed by atoms with Crippen molar-refractivity contribution in [1.82, 2.24) is 15.4 Å². The summed E-state index contributed by atoms with van der Waals surface area (Å²) in [4.78, 5) is 11.9. The molecule has 6 nitrogen and oxygen atoms in total. The van der Waals surface area contributed by atoms with Crippen molar-refractivity contribution in [3.63, 3.8) is 0 Å². The monoisotopic (exact) mass is 329 g/mol. The number of esters is 1. The Kier molecular flexibility index (Phi) is 5.59. The highest BCUT2D eigenvalue weighted by molar-refractivity contribution is 5.93. The van der Waals surface area contributed by atoms with Crippen LogP contribution < -0.4 is 0 Å². The fourth-order valence-electron chi connectivity index (χ4n) is 2.98. The number of carbonyl (C=O) groups is 1. The van der Waals surface area contributed by atoms with Crippen LogP contribution in [0, 0.1) is 0 Å². The molecule has 1 saturated carbocycles. The van der Waals surface area contributed by atoms with Crippen molar-refractivity contribution in [2.24, 2.45) is 0 Å². The largest absolute Gasteiger partial charge is 0.461 e. The van der Waals surface area contributed by atoms with E-state index in [0.29, 0.717) is 25.0 Å². The highest BCUT2D eigenvalue weighted by atomic mass is 16.5. The van der Waals surface area contributed by atoms with Crippen LogP contribution in [0.5, 0.6) is 0 Å². The Bertz CT molecular complexity index is 660. The molecule has 128 valence electrons. The number of H-pyrrole nitrogens is 1. The molecular formula is C18H23N3O3. The summed E-state index contributed by atoms with van der Waals surface area (Å²) in [6, 6.07) is 7.86. The van der Waals surface area contributed by atoms with E-state index in [1.54, 1.807) is 6.92 Å². The Morgan fingerprint density at radius 2 is 1.92 bits per heavy atom. The van der Waals surface area contributed by atoms with Crippen LogP contribution in [0.2, 0.25) is 0 Å². The van der Waals surface area contributed by atoms with E-state index in [2.05, 4.69) is 15.4 Å². The molecule has 1 heterocycles. The van der Waals surface area contributed by atoms with Gasteiger partial charge in [0, 0.05) is 5.56 Å². The van der Waals surface area contributed by atoms with Gasteiger partial charge in [0.05, 0.1) is 19.3 Å². The summed E-state index contributed by atoms with van der Waals surface area (Å²) in [5.41, 5.74) is 2.66. The standard InChI is InChI=1S/C18H23N3O3/c1-2-23-18(22)17-16(19-21-20-17)14-10-8-13(9-11-14)12-24-15-6-4-3-5-7-15/h8-11,15H,2-7,12H2,1H3,(H,19,20,21). The lowest BCUT2D eigenvalue weighted by Crippen LogP contribution is -2.16. The molecule has 2 aromatic rings. The number of aromatic amines is 1. The molecule has 0 radical (unpaired) electrons. The van der Waals surface area contributed by atoms with E-state index in [4.69, 9.17) is 9.47 Å². The third kappa shape index (κ3) is 4.00. The number of nitrogens with one attached hydrogen (secondary N) is 1. The van der Waals surface area contributed by atoms with Gasteiger partial charge in [-0.1, -0.05) is 43.5 Å². The van der Waals surface area contributed by atoms with Crippen LogP contribution in [0.3, 0.4) is 0 Å². The lowest BCUT2D eigenvalue weighted by Gasteiger charge is -2.22. The van der Waals surface area contributed by atoms with E-state index in [-0.39, 0.29) is 5.69 Å². The maximum atomic E-state index is 11.9. The molecule has 0 amide bonds. The number of nitrogens with zero attached hydrogens (tertiary/aromatic N) is 2. The summed E-state index contributed by atoms with van der Waals surface area (Å²) >= 11 is 0. The van der Waals surface area contributed by atoms with Gasteiger partial charge in [-0.05, 0) is 25.3 Å². The van der Waals surface area contributed by atoms with Crippen LogP contribution >= 0.6 is 0 Å². The number of hydrogen-bond acceptors (Lipinski definition) is 5. The minimum absolute atomic E-state index is 0.211. The zero-order chi connectivity index (χ0) is 16.8. The number of benzene rings is 1. The molecule has 0 spiro atoms. The van der Waals surface area contributed by atoms with Gasteiger partial charge >= 0.3 is 5.97 Å². The Hall–Kier alpha value is -2.21. The molecule has 6 heteroatoms. The van der Waals surface area contributed by atoms with Crippen molar-refractivity contribution in [3.05, 3.63) is 35.5 Å². The summed E-state index contributed by atoms with van der Waals surface area (Å²) < 4.78 is 11.0. The molecule has 0 atom stereocenters. The molecule has 1 fully saturated rings. The van der Waals surface area contributed by atoms with E-state index in [1.807, 2.05) is 24.3 Å². The van der Waals surface area contributed by atoms with E-state index >= 15 is 0 Å². The van der Waals surface area contributed by atoms with Gasteiger partial charge in [0.25, 0.3) is 0 Å². The normalized spacial score (nSPS) is 15.4. The van der Waals surface area contributed by atoms with Crippen molar-refractivity contribution < 1.29 is 14.3 Å². The van der Waals surface area contributed by atoms with E-state index < -0.39 is 5.97 Å². The maximum absolute atomic E-state index is 11.9. The van der Waals surface area contributed by atoms with E-state index in [9.17, 15) is 4.79 Å². The van der Waals surface area contributed by atoms with Crippen molar-refractivity contribution in [1.29, 1.82) is 0 Å². The second-order valence-corrected chi connectivity index (χ2v) is 6.01. The van der Waals surface area contributed by atoms with Crippen LogP contribution in [0.25, 0.3) is 11.3 Å². The number of carbonyl (C=O) groups excluding carboxylic acids is 1. The van der Waals surface area contributed by atoms with Crippen molar-refractivity contribution in [2.45, 2.75) is 51.7 Å². The lowest BCUT2D eigenvalue weighted by molar-refractivity contribution is 0.0169. The molecule has 24 heavy (non-hydrogen) atoms. The fraction of sp³-hybridized carbons (Fsp3) is 0.500. The molecule has 0 unspecified atom stereocenters. The summed E-state index contributed by atoms with van der Waals surface area (Å²) in [6.07, 6.45) is 6.60. The van der Waals surface area contributed by atoms with Gasteiger partial charge in [0.2, 0.25) is 0 Å². The minimum atomic E-state index is -0.467. The zero-order valence-electron chi connectivity index (χ0n) is 14.0. The third-order valence-electron chi connectivity index (χ3n) is 4.28. The summed E-state index contributed by atoms with van der Waals surface area (Å²) in [5.74, 6) is -0.467. The average Bonchev–Trinajstić information content (AvgIpc) is 3.11. The maximum Gasteiger partial charge on any atom is 0.361 e. The Morgan fingerprint density at radius 1 is 1.17 bits per heavy atom. The van der Waals surface area contributed by atoms with Gasteiger partial charge in [0.15, 0.2) is 5.69 Å². The smallest absolute Gasteiger partial charge is 0.361 e. The SMILES string of the molecule is CCOC(=O)c1n[nH]nc1-c1ccc(COC2CCCCC2)cc1. The fourth-order valence-corrected chi connectivity index (χ4v) is 2.98. The predicted molar refractivity (Wildman–Crippen MR) is 89.4 cm³/mol. The quantitative estimate of drug-likeness (QED) is 0.821. The van der Waals surface area contributed by atoms with Crippen LogP contribution in [-0.2, 0) is 16.1 Å². The number of rotatable bonds is 6.